The largest absolute Gasteiger partial charge is 0.488 e. The predicted octanol–water partition coefficient (Wildman–Crippen LogP) is 2.22. The smallest absolute Gasteiger partial charge is 0.126 e. The molecule has 0 bridgehead atoms. The first-order valence-electron chi connectivity index (χ1n) is 5.98. The second-order valence-electron chi connectivity index (χ2n) is 4.43. The van der Waals surface area contributed by atoms with Gasteiger partial charge in [-0.3, -0.25) is 0 Å². The van der Waals surface area contributed by atoms with Crippen molar-refractivity contribution in [3.8, 4) is 5.75 Å². The molecule has 94 valence electrons. The van der Waals surface area contributed by atoms with Gasteiger partial charge in [0.15, 0.2) is 0 Å². The van der Waals surface area contributed by atoms with Crippen LogP contribution in [0.2, 0.25) is 5.02 Å². The number of halogens is 1. The highest BCUT2D eigenvalue weighted by molar-refractivity contribution is 6.30. The number of rotatable bonds is 3. The molecule has 1 aliphatic carbocycles. The van der Waals surface area contributed by atoms with E-state index in [2.05, 4.69) is 5.32 Å². The molecule has 4 heteroatoms. The first-order chi connectivity index (χ1) is 8.20. The highest BCUT2D eigenvalue weighted by atomic mass is 35.5. The first-order valence-corrected chi connectivity index (χ1v) is 6.36. The van der Waals surface area contributed by atoms with Crippen molar-refractivity contribution in [2.24, 2.45) is 0 Å². The van der Waals surface area contributed by atoms with Gasteiger partial charge in [0, 0.05) is 11.1 Å². The second-order valence-corrected chi connectivity index (χ2v) is 4.86. The van der Waals surface area contributed by atoms with Gasteiger partial charge in [-0.05, 0) is 50.6 Å². The molecule has 1 aromatic rings. The topological polar surface area (TPSA) is 41.5 Å². The van der Waals surface area contributed by atoms with Crippen LogP contribution in [0.3, 0.4) is 0 Å². The molecule has 0 amide bonds. The van der Waals surface area contributed by atoms with E-state index in [0.29, 0.717) is 5.02 Å². The molecule has 0 aromatic heterocycles. The van der Waals surface area contributed by atoms with Crippen molar-refractivity contribution in [2.75, 3.05) is 7.05 Å². The van der Waals surface area contributed by atoms with E-state index in [4.69, 9.17) is 16.3 Å². The van der Waals surface area contributed by atoms with E-state index in [9.17, 15) is 5.11 Å². The van der Waals surface area contributed by atoms with Crippen molar-refractivity contribution in [1.82, 2.24) is 5.32 Å². The SMILES string of the molecule is CN[C@H]1CCC[C@@H](Oc2ccc(Cl)cc2)[C@@H]1O. The molecule has 3 nitrogen and oxygen atoms in total. The lowest BCUT2D eigenvalue weighted by molar-refractivity contribution is -0.0134. The van der Waals surface area contributed by atoms with Crippen LogP contribution in [0.4, 0.5) is 0 Å². The summed E-state index contributed by atoms with van der Waals surface area (Å²) in [6, 6.07) is 7.38. The quantitative estimate of drug-likeness (QED) is 0.870. The number of aliphatic hydroxyl groups is 1. The third-order valence-electron chi connectivity index (χ3n) is 3.27. The zero-order valence-electron chi connectivity index (χ0n) is 9.90. The molecule has 3 atom stereocenters. The summed E-state index contributed by atoms with van der Waals surface area (Å²) in [6.07, 6.45) is 2.37. The fraction of sp³-hybridized carbons (Fsp3) is 0.538. The zero-order chi connectivity index (χ0) is 12.3. The van der Waals surface area contributed by atoms with Gasteiger partial charge in [-0.2, -0.15) is 0 Å². The van der Waals surface area contributed by atoms with Crippen LogP contribution in [0, 0.1) is 0 Å². The van der Waals surface area contributed by atoms with Crippen molar-refractivity contribution < 1.29 is 9.84 Å². The molecule has 1 aromatic carbocycles. The molecule has 1 saturated carbocycles. The van der Waals surface area contributed by atoms with Crippen LogP contribution in [0.25, 0.3) is 0 Å². The van der Waals surface area contributed by atoms with Crippen LogP contribution >= 0.6 is 11.6 Å². The molecule has 2 rings (SSSR count). The van der Waals surface area contributed by atoms with E-state index in [1.165, 1.54) is 0 Å². The van der Waals surface area contributed by atoms with E-state index >= 15 is 0 Å². The number of nitrogens with one attached hydrogen (secondary N) is 1. The van der Waals surface area contributed by atoms with Gasteiger partial charge in [-0.25, -0.2) is 0 Å². The number of hydrogen-bond acceptors (Lipinski definition) is 3. The molecule has 0 unspecified atom stereocenters. The summed E-state index contributed by atoms with van der Waals surface area (Å²) in [5.74, 6) is 0.759. The summed E-state index contributed by atoms with van der Waals surface area (Å²) in [7, 11) is 1.87. The standard InChI is InChI=1S/C13H18ClNO2/c1-15-11-3-2-4-12(13(11)16)17-10-7-5-9(14)6-8-10/h5-8,11-13,15-16H,2-4H2,1H3/t11-,12+,13+/m0/s1. The Morgan fingerprint density at radius 1 is 1.29 bits per heavy atom. The molecule has 0 radical (unpaired) electrons. The van der Waals surface area contributed by atoms with Crippen LogP contribution in [-0.4, -0.2) is 30.4 Å². The normalized spacial score (nSPS) is 29.0. The van der Waals surface area contributed by atoms with Gasteiger partial charge in [-0.15, -0.1) is 0 Å². The van der Waals surface area contributed by atoms with Crippen molar-refractivity contribution in [3.63, 3.8) is 0 Å². The lowest BCUT2D eigenvalue weighted by Gasteiger charge is -2.34. The van der Waals surface area contributed by atoms with E-state index in [-0.39, 0.29) is 12.1 Å². The fourth-order valence-electron chi connectivity index (χ4n) is 2.27. The lowest BCUT2D eigenvalue weighted by atomic mass is 9.90. The number of likely N-dealkylation sites (N-methyl/N-ethyl adjacent to an activating group) is 1. The predicted molar refractivity (Wildman–Crippen MR) is 68.6 cm³/mol. The van der Waals surface area contributed by atoms with Crippen molar-refractivity contribution in [1.29, 1.82) is 0 Å². The average Bonchev–Trinajstić information content (AvgIpc) is 2.35. The van der Waals surface area contributed by atoms with Gasteiger partial charge in [0.05, 0.1) is 0 Å². The molecule has 0 saturated heterocycles. The Morgan fingerprint density at radius 3 is 2.65 bits per heavy atom. The monoisotopic (exact) mass is 255 g/mol. The number of aliphatic hydroxyl groups excluding tert-OH is 1. The van der Waals surface area contributed by atoms with E-state index in [1.807, 2.05) is 19.2 Å². The van der Waals surface area contributed by atoms with Crippen LogP contribution in [0.5, 0.6) is 5.75 Å². The Morgan fingerprint density at radius 2 is 2.00 bits per heavy atom. The summed E-state index contributed by atoms with van der Waals surface area (Å²) in [4.78, 5) is 0. The van der Waals surface area contributed by atoms with Crippen molar-refractivity contribution in [3.05, 3.63) is 29.3 Å². The summed E-state index contributed by atoms with van der Waals surface area (Å²) in [5, 5.41) is 13.9. The van der Waals surface area contributed by atoms with Gasteiger partial charge in [0.25, 0.3) is 0 Å². The lowest BCUT2D eigenvalue weighted by Crippen LogP contribution is -2.50. The Balaban J connectivity index is 2.00. The van der Waals surface area contributed by atoms with Gasteiger partial charge in [-0.1, -0.05) is 11.6 Å². The van der Waals surface area contributed by atoms with Crippen LogP contribution in [0.1, 0.15) is 19.3 Å². The second kappa shape index (κ2) is 5.71. The van der Waals surface area contributed by atoms with E-state index in [0.717, 1.165) is 25.0 Å². The zero-order valence-corrected chi connectivity index (χ0v) is 10.7. The average molecular weight is 256 g/mol. The summed E-state index contributed by atoms with van der Waals surface area (Å²) in [5.41, 5.74) is 0. The van der Waals surface area contributed by atoms with Crippen LogP contribution < -0.4 is 10.1 Å². The van der Waals surface area contributed by atoms with Gasteiger partial charge >= 0.3 is 0 Å². The maximum atomic E-state index is 10.1. The van der Waals surface area contributed by atoms with Gasteiger partial charge in [0.1, 0.15) is 18.0 Å². The maximum absolute atomic E-state index is 10.1. The molecule has 0 heterocycles. The number of benzene rings is 1. The Kier molecular flexibility index (Phi) is 4.26. The minimum absolute atomic E-state index is 0.126. The van der Waals surface area contributed by atoms with Crippen molar-refractivity contribution in [2.45, 2.75) is 37.5 Å². The molecule has 1 fully saturated rings. The summed E-state index contributed by atoms with van der Waals surface area (Å²) in [6.45, 7) is 0. The van der Waals surface area contributed by atoms with E-state index < -0.39 is 6.10 Å². The minimum Gasteiger partial charge on any atom is -0.488 e. The first kappa shape index (κ1) is 12.7. The molecule has 0 spiro atoms. The minimum atomic E-state index is -0.454. The van der Waals surface area contributed by atoms with Crippen molar-refractivity contribution >= 4 is 11.6 Å². The van der Waals surface area contributed by atoms with Crippen LogP contribution in [0.15, 0.2) is 24.3 Å². The molecule has 2 N–H and O–H groups in total. The molecular weight excluding hydrogens is 238 g/mol. The van der Waals surface area contributed by atoms with E-state index in [1.54, 1.807) is 12.1 Å². The fourth-order valence-corrected chi connectivity index (χ4v) is 2.40. The highest BCUT2D eigenvalue weighted by Crippen LogP contribution is 2.25. The maximum Gasteiger partial charge on any atom is 0.126 e. The van der Waals surface area contributed by atoms with Crippen LogP contribution in [-0.2, 0) is 0 Å². The summed E-state index contributed by atoms with van der Waals surface area (Å²) >= 11 is 5.81. The van der Waals surface area contributed by atoms with Gasteiger partial charge in [0.2, 0.25) is 0 Å². The highest BCUT2D eigenvalue weighted by Gasteiger charge is 2.32. The molecule has 1 aliphatic rings. The molecular formula is C13H18ClNO2. The van der Waals surface area contributed by atoms with Gasteiger partial charge < -0.3 is 15.2 Å². The Labute approximate surface area is 107 Å². The third-order valence-corrected chi connectivity index (χ3v) is 3.52. The Hall–Kier alpha value is -0.770. The molecule has 17 heavy (non-hydrogen) atoms. The third kappa shape index (κ3) is 3.12. The Bertz CT molecular complexity index is 355. The number of hydrogen-bond donors (Lipinski definition) is 2. The number of ether oxygens (including phenoxy) is 1. The molecule has 0 aliphatic heterocycles. The summed E-state index contributed by atoms with van der Waals surface area (Å²) < 4.78 is 5.81.